The Bertz CT molecular complexity index is 1110. The SMILES string of the molecule is NC(=Nc1ccc(CNC(=O)CNC(=O)[C@H](CO)NS(=O)(=O)Cc2ccc(Cl)cc2)cc1)NO. The molecular formula is C20H25ClN6O6S. The number of hydrogen-bond donors (Lipinski definition) is 7. The minimum Gasteiger partial charge on any atom is -0.394 e. The standard InChI is InChI=1S/C20H25ClN6O6S/c21-15-5-1-14(2-6-15)12-34(32,33)27-17(11-28)19(30)24-10-18(29)23-9-13-3-7-16(8-4-13)25-20(22)26-31/h1-8,17,27-28,31H,9-12H2,(H,23,29)(H,24,30)(H3,22,25,26)/t17-/m0/s1. The first kappa shape index (κ1) is 27.0. The van der Waals surface area contributed by atoms with Crippen molar-refractivity contribution < 1.29 is 28.3 Å². The van der Waals surface area contributed by atoms with E-state index in [1.54, 1.807) is 29.7 Å². The van der Waals surface area contributed by atoms with E-state index in [9.17, 15) is 23.1 Å². The molecular weight excluding hydrogens is 488 g/mol. The molecule has 2 rings (SSSR count). The molecule has 0 bridgehead atoms. The lowest BCUT2D eigenvalue weighted by Crippen LogP contribution is -2.50. The van der Waals surface area contributed by atoms with Gasteiger partial charge >= 0.3 is 0 Å². The number of rotatable bonds is 11. The molecule has 0 heterocycles. The van der Waals surface area contributed by atoms with E-state index in [2.05, 4.69) is 20.3 Å². The van der Waals surface area contributed by atoms with Gasteiger partial charge in [-0.05, 0) is 35.4 Å². The predicted molar refractivity (Wildman–Crippen MR) is 126 cm³/mol. The zero-order chi connectivity index (χ0) is 25.1. The second-order valence-electron chi connectivity index (χ2n) is 7.01. The van der Waals surface area contributed by atoms with Gasteiger partial charge in [0, 0.05) is 11.6 Å². The molecule has 1 atom stereocenters. The number of aliphatic imine (C=N–C) groups is 1. The fraction of sp³-hybridized carbons (Fsp3) is 0.250. The third kappa shape index (κ3) is 9.33. The van der Waals surface area contributed by atoms with Crippen molar-refractivity contribution in [3.8, 4) is 0 Å². The molecule has 12 nitrogen and oxygen atoms in total. The van der Waals surface area contributed by atoms with Crippen molar-refractivity contribution in [2.24, 2.45) is 10.7 Å². The molecule has 0 aromatic heterocycles. The first-order valence-electron chi connectivity index (χ1n) is 9.85. The van der Waals surface area contributed by atoms with E-state index >= 15 is 0 Å². The summed E-state index contributed by atoms with van der Waals surface area (Å²) in [5.74, 6) is -1.97. The van der Waals surface area contributed by atoms with Crippen LogP contribution in [0.4, 0.5) is 5.69 Å². The molecule has 8 N–H and O–H groups in total. The molecule has 0 spiro atoms. The lowest BCUT2D eigenvalue weighted by molar-refractivity contribution is -0.127. The number of halogens is 1. The minimum absolute atomic E-state index is 0.156. The summed E-state index contributed by atoms with van der Waals surface area (Å²) in [6, 6.07) is 11.3. The van der Waals surface area contributed by atoms with E-state index in [1.807, 2.05) is 0 Å². The first-order chi connectivity index (χ1) is 16.1. The molecule has 2 aromatic rings. The Hall–Kier alpha value is -3.23. The highest BCUT2D eigenvalue weighted by molar-refractivity contribution is 7.88. The number of amides is 2. The van der Waals surface area contributed by atoms with Crippen LogP contribution in [-0.4, -0.2) is 55.7 Å². The van der Waals surface area contributed by atoms with Crippen LogP contribution in [0.3, 0.4) is 0 Å². The first-order valence-corrected chi connectivity index (χ1v) is 11.9. The molecule has 34 heavy (non-hydrogen) atoms. The highest BCUT2D eigenvalue weighted by Gasteiger charge is 2.24. The summed E-state index contributed by atoms with van der Waals surface area (Å²) in [7, 11) is -3.95. The van der Waals surface area contributed by atoms with Crippen LogP contribution in [0.2, 0.25) is 5.02 Å². The number of benzene rings is 2. The second kappa shape index (κ2) is 12.9. The van der Waals surface area contributed by atoms with Gasteiger partial charge in [-0.2, -0.15) is 0 Å². The minimum atomic E-state index is -3.95. The van der Waals surface area contributed by atoms with Crippen LogP contribution in [0.15, 0.2) is 53.5 Å². The summed E-state index contributed by atoms with van der Waals surface area (Å²) in [6.45, 7) is -1.06. The van der Waals surface area contributed by atoms with E-state index in [1.165, 1.54) is 24.3 Å². The number of carbonyl (C=O) groups excluding carboxylic acids is 2. The van der Waals surface area contributed by atoms with Gasteiger partial charge in [0.2, 0.25) is 27.8 Å². The Morgan fingerprint density at radius 3 is 2.24 bits per heavy atom. The average Bonchev–Trinajstić information content (AvgIpc) is 2.81. The largest absolute Gasteiger partial charge is 0.394 e. The number of guanidine groups is 1. The molecule has 2 amide bonds. The Balaban J connectivity index is 1.81. The van der Waals surface area contributed by atoms with Gasteiger partial charge in [0.1, 0.15) is 6.04 Å². The van der Waals surface area contributed by atoms with Crippen molar-refractivity contribution in [1.29, 1.82) is 0 Å². The van der Waals surface area contributed by atoms with Crippen molar-refractivity contribution in [1.82, 2.24) is 20.8 Å². The van der Waals surface area contributed by atoms with Crippen molar-refractivity contribution >= 4 is 45.1 Å². The van der Waals surface area contributed by atoms with Crippen LogP contribution in [0.1, 0.15) is 11.1 Å². The smallest absolute Gasteiger partial charge is 0.240 e. The molecule has 2 aromatic carbocycles. The number of sulfonamides is 1. The predicted octanol–water partition coefficient (Wildman–Crippen LogP) is -0.522. The van der Waals surface area contributed by atoms with Crippen LogP contribution in [0.25, 0.3) is 0 Å². The van der Waals surface area contributed by atoms with Gasteiger partial charge in [0.05, 0.1) is 24.6 Å². The van der Waals surface area contributed by atoms with Gasteiger partial charge in [-0.3, -0.25) is 14.8 Å². The molecule has 14 heteroatoms. The summed E-state index contributed by atoms with van der Waals surface area (Å²) in [5.41, 5.74) is 8.71. The summed E-state index contributed by atoms with van der Waals surface area (Å²) < 4.78 is 26.7. The summed E-state index contributed by atoms with van der Waals surface area (Å²) >= 11 is 5.77. The number of hydrogen-bond acceptors (Lipinski definition) is 7. The number of carbonyl (C=O) groups is 2. The van der Waals surface area contributed by atoms with Crippen molar-refractivity contribution in [2.45, 2.75) is 18.3 Å². The molecule has 0 aliphatic heterocycles. The Labute approximate surface area is 201 Å². The molecule has 0 aliphatic carbocycles. The lowest BCUT2D eigenvalue weighted by atomic mass is 10.2. The van der Waals surface area contributed by atoms with E-state index in [-0.39, 0.29) is 12.5 Å². The lowest BCUT2D eigenvalue weighted by Gasteiger charge is -2.16. The molecule has 184 valence electrons. The van der Waals surface area contributed by atoms with E-state index in [0.717, 1.165) is 5.56 Å². The maximum atomic E-state index is 12.3. The number of nitrogens with one attached hydrogen (secondary N) is 4. The molecule has 0 saturated heterocycles. The molecule has 0 fully saturated rings. The van der Waals surface area contributed by atoms with Crippen LogP contribution in [0.5, 0.6) is 0 Å². The van der Waals surface area contributed by atoms with Crippen molar-refractivity contribution in [3.63, 3.8) is 0 Å². The third-order valence-corrected chi connectivity index (χ3v) is 5.91. The molecule has 0 aliphatic rings. The van der Waals surface area contributed by atoms with Crippen LogP contribution in [-0.2, 0) is 31.9 Å². The van der Waals surface area contributed by atoms with Gasteiger partial charge < -0.3 is 21.5 Å². The number of hydroxylamine groups is 1. The third-order valence-electron chi connectivity index (χ3n) is 4.30. The fourth-order valence-electron chi connectivity index (χ4n) is 2.64. The molecule has 0 radical (unpaired) electrons. The fourth-order valence-corrected chi connectivity index (χ4v) is 4.09. The van der Waals surface area contributed by atoms with Crippen LogP contribution >= 0.6 is 11.6 Å². The number of nitrogens with zero attached hydrogens (tertiary/aromatic N) is 1. The van der Waals surface area contributed by atoms with Crippen LogP contribution < -0.4 is 26.6 Å². The maximum Gasteiger partial charge on any atom is 0.240 e. The monoisotopic (exact) mass is 512 g/mol. The van der Waals surface area contributed by atoms with Crippen LogP contribution in [0, 0.1) is 0 Å². The zero-order valence-electron chi connectivity index (χ0n) is 17.9. The molecule has 0 unspecified atom stereocenters. The molecule has 0 saturated carbocycles. The Morgan fingerprint density at radius 1 is 1.03 bits per heavy atom. The highest BCUT2D eigenvalue weighted by atomic mass is 35.5. The summed E-state index contributed by atoms with van der Waals surface area (Å²) in [4.78, 5) is 28.1. The van der Waals surface area contributed by atoms with E-state index < -0.39 is 46.8 Å². The number of aliphatic hydroxyl groups excluding tert-OH is 1. The number of aliphatic hydroxyl groups is 1. The Morgan fingerprint density at radius 2 is 1.65 bits per heavy atom. The van der Waals surface area contributed by atoms with Crippen molar-refractivity contribution in [2.75, 3.05) is 13.2 Å². The quantitative estimate of drug-likeness (QED) is 0.118. The van der Waals surface area contributed by atoms with Crippen molar-refractivity contribution in [3.05, 3.63) is 64.7 Å². The van der Waals surface area contributed by atoms with Gasteiger partial charge in [0.15, 0.2) is 0 Å². The van der Waals surface area contributed by atoms with E-state index in [0.29, 0.717) is 16.3 Å². The topological polar surface area (TPSA) is 195 Å². The second-order valence-corrected chi connectivity index (χ2v) is 9.20. The summed E-state index contributed by atoms with van der Waals surface area (Å²) in [6.07, 6.45) is 0. The Kier molecular flexibility index (Phi) is 10.2. The average molecular weight is 513 g/mol. The van der Waals surface area contributed by atoms with Gasteiger partial charge in [0.25, 0.3) is 0 Å². The van der Waals surface area contributed by atoms with Gasteiger partial charge in [-0.1, -0.05) is 35.9 Å². The number of nitrogens with two attached hydrogens (primary N) is 1. The normalized spacial score (nSPS) is 12.6. The van der Waals surface area contributed by atoms with E-state index in [4.69, 9.17) is 22.5 Å². The highest BCUT2D eigenvalue weighted by Crippen LogP contribution is 2.13. The maximum absolute atomic E-state index is 12.3. The van der Waals surface area contributed by atoms with Gasteiger partial charge in [-0.15, -0.1) is 0 Å². The van der Waals surface area contributed by atoms with Gasteiger partial charge in [-0.25, -0.2) is 23.6 Å². The summed E-state index contributed by atoms with van der Waals surface area (Å²) in [5, 5.41) is 23.4. The zero-order valence-corrected chi connectivity index (χ0v) is 19.4.